The quantitative estimate of drug-likeness (QED) is 0.887. The highest BCUT2D eigenvalue weighted by molar-refractivity contribution is 5.19. The molecule has 0 bridgehead atoms. The van der Waals surface area contributed by atoms with Gasteiger partial charge in [0.2, 0.25) is 0 Å². The van der Waals surface area contributed by atoms with E-state index in [-0.39, 0.29) is 5.82 Å². The van der Waals surface area contributed by atoms with Crippen molar-refractivity contribution >= 4 is 0 Å². The third kappa shape index (κ3) is 3.58. The molecule has 110 valence electrons. The molecule has 0 aromatic heterocycles. The Balaban J connectivity index is 1.47. The molecule has 2 aliphatic rings. The zero-order valence-corrected chi connectivity index (χ0v) is 12.3. The first-order chi connectivity index (χ1) is 9.72. The number of benzene rings is 1. The van der Waals surface area contributed by atoms with Crippen molar-refractivity contribution in [3.8, 4) is 0 Å². The molecule has 3 heteroatoms. The van der Waals surface area contributed by atoms with Gasteiger partial charge in [0, 0.05) is 25.2 Å². The average Bonchev–Trinajstić information content (AvgIpc) is 3.30. The summed E-state index contributed by atoms with van der Waals surface area (Å²) in [5.74, 6) is 0.815. The van der Waals surface area contributed by atoms with Gasteiger partial charge in [-0.15, -0.1) is 0 Å². The lowest BCUT2D eigenvalue weighted by Crippen LogP contribution is -2.43. The van der Waals surface area contributed by atoms with Gasteiger partial charge in [0.25, 0.3) is 0 Å². The van der Waals surface area contributed by atoms with Crippen molar-refractivity contribution in [1.29, 1.82) is 0 Å². The van der Waals surface area contributed by atoms with Gasteiger partial charge in [-0.1, -0.05) is 12.1 Å². The number of rotatable bonds is 5. The molecule has 1 heterocycles. The number of nitrogens with zero attached hydrogens (tertiary/aromatic N) is 1. The SMILES string of the molecule is CC(c1ccc(F)cc1)N1CCC(NCC2CC2)CC1. The Morgan fingerprint density at radius 3 is 2.40 bits per heavy atom. The zero-order valence-electron chi connectivity index (χ0n) is 12.3. The van der Waals surface area contributed by atoms with E-state index < -0.39 is 0 Å². The van der Waals surface area contributed by atoms with E-state index in [1.807, 2.05) is 12.1 Å². The Morgan fingerprint density at radius 2 is 1.80 bits per heavy atom. The lowest BCUT2D eigenvalue weighted by molar-refractivity contribution is 0.152. The first-order valence-corrected chi connectivity index (χ1v) is 7.95. The summed E-state index contributed by atoms with van der Waals surface area (Å²) >= 11 is 0. The predicted molar refractivity (Wildman–Crippen MR) is 80.1 cm³/mol. The number of piperidine rings is 1. The van der Waals surface area contributed by atoms with Crippen LogP contribution in [0.4, 0.5) is 4.39 Å². The largest absolute Gasteiger partial charge is 0.314 e. The lowest BCUT2D eigenvalue weighted by atomic mass is 10.00. The third-order valence-corrected chi connectivity index (χ3v) is 4.82. The van der Waals surface area contributed by atoms with Gasteiger partial charge in [0.1, 0.15) is 5.82 Å². The molecule has 0 amide bonds. The molecular weight excluding hydrogens is 251 g/mol. The number of hydrogen-bond donors (Lipinski definition) is 1. The van der Waals surface area contributed by atoms with Crippen LogP contribution in [0.3, 0.4) is 0 Å². The van der Waals surface area contributed by atoms with Crippen LogP contribution in [0.2, 0.25) is 0 Å². The fourth-order valence-electron chi connectivity index (χ4n) is 3.10. The molecule has 0 spiro atoms. The Bertz CT molecular complexity index is 419. The average molecular weight is 276 g/mol. The van der Waals surface area contributed by atoms with Gasteiger partial charge in [-0.05, 0) is 62.8 Å². The first-order valence-electron chi connectivity index (χ1n) is 7.95. The second-order valence-electron chi connectivity index (χ2n) is 6.39. The summed E-state index contributed by atoms with van der Waals surface area (Å²) in [4.78, 5) is 2.52. The predicted octanol–water partition coefficient (Wildman–Crippen LogP) is 3.35. The Morgan fingerprint density at radius 1 is 1.15 bits per heavy atom. The highest BCUT2D eigenvalue weighted by atomic mass is 19.1. The van der Waals surface area contributed by atoms with Crippen LogP contribution >= 0.6 is 0 Å². The van der Waals surface area contributed by atoms with Crippen LogP contribution < -0.4 is 5.32 Å². The minimum Gasteiger partial charge on any atom is -0.314 e. The highest BCUT2D eigenvalue weighted by Gasteiger charge is 2.26. The molecule has 0 radical (unpaired) electrons. The zero-order chi connectivity index (χ0) is 13.9. The maximum atomic E-state index is 13.0. The van der Waals surface area contributed by atoms with Crippen molar-refractivity contribution in [3.63, 3.8) is 0 Å². The molecule has 1 aliphatic carbocycles. The Kier molecular flexibility index (Phi) is 4.37. The summed E-state index contributed by atoms with van der Waals surface area (Å²) in [5, 5.41) is 3.71. The van der Waals surface area contributed by atoms with E-state index in [4.69, 9.17) is 0 Å². The molecule has 1 atom stereocenters. The normalized spacial score (nSPS) is 22.9. The van der Waals surface area contributed by atoms with Crippen molar-refractivity contribution in [3.05, 3.63) is 35.6 Å². The van der Waals surface area contributed by atoms with Crippen molar-refractivity contribution in [2.75, 3.05) is 19.6 Å². The van der Waals surface area contributed by atoms with Crippen LogP contribution in [0, 0.1) is 11.7 Å². The van der Waals surface area contributed by atoms with Crippen LogP contribution in [0.15, 0.2) is 24.3 Å². The van der Waals surface area contributed by atoms with Crippen molar-refractivity contribution in [2.24, 2.45) is 5.92 Å². The number of nitrogens with one attached hydrogen (secondary N) is 1. The molecule has 1 aromatic rings. The van der Waals surface area contributed by atoms with Crippen LogP contribution in [0.1, 0.15) is 44.2 Å². The fourth-order valence-corrected chi connectivity index (χ4v) is 3.10. The van der Waals surface area contributed by atoms with E-state index in [0.717, 1.165) is 19.0 Å². The van der Waals surface area contributed by atoms with E-state index in [9.17, 15) is 4.39 Å². The standard InChI is InChI=1S/C17H25FN2/c1-13(15-4-6-16(18)7-5-15)20-10-8-17(9-11-20)19-12-14-2-3-14/h4-7,13-14,17,19H,2-3,8-12H2,1H3. The van der Waals surface area contributed by atoms with Crippen molar-refractivity contribution in [1.82, 2.24) is 10.2 Å². The van der Waals surface area contributed by atoms with Gasteiger partial charge >= 0.3 is 0 Å². The van der Waals surface area contributed by atoms with Gasteiger partial charge in [-0.25, -0.2) is 4.39 Å². The van der Waals surface area contributed by atoms with Crippen molar-refractivity contribution in [2.45, 2.75) is 44.7 Å². The molecular formula is C17H25FN2. The smallest absolute Gasteiger partial charge is 0.123 e. The number of halogens is 1. The maximum absolute atomic E-state index is 13.0. The van der Waals surface area contributed by atoms with Gasteiger partial charge in [0.15, 0.2) is 0 Å². The maximum Gasteiger partial charge on any atom is 0.123 e. The third-order valence-electron chi connectivity index (χ3n) is 4.82. The van der Waals surface area contributed by atoms with E-state index in [0.29, 0.717) is 12.1 Å². The minimum atomic E-state index is -0.149. The second kappa shape index (κ2) is 6.23. The topological polar surface area (TPSA) is 15.3 Å². The molecule has 1 saturated heterocycles. The summed E-state index contributed by atoms with van der Waals surface area (Å²) in [7, 11) is 0. The van der Waals surface area contributed by atoms with E-state index in [1.54, 1.807) is 12.1 Å². The molecule has 20 heavy (non-hydrogen) atoms. The van der Waals surface area contributed by atoms with Crippen LogP contribution in [0.25, 0.3) is 0 Å². The first kappa shape index (κ1) is 14.0. The molecule has 1 saturated carbocycles. The number of likely N-dealkylation sites (tertiary alicyclic amines) is 1. The minimum absolute atomic E-state index is 0.149. The summed E-state index contributed by atoms with van der Waals surface area (Å²) in [5.41, 5.74) is 1.22. The molecule has 1 unspecified atom stereocenters. The molecule has 3 rings (SSSR count). The molecule has 1 aromatic carbocycles. The molecule has 1 N–H and O–H groups in total. The highest BCUT2D eigenvalue weighted by Crippen LogP contribution is 2.29. The summed E-state index contributed by atoms with van der Waals surface area (Å²) < 4.78 is 13.0. The second-order valence-corrected chi connectivity index (χ2v) is 6.39. The van der Waals surface area contributed by atoms with E-state index in [2.05, 4.69) is 17.1 Å². The van der Waals surface area contributed by atoms with E-state index in [1.165, 1.54) is 37.8 Å². The lowest BCUT2D eigenvalue weighted by Gasteiger charge is -2.36. The molecule has 2 nitrogen and oxygen atoms in total. The van der Waals surface area contributed by atoms with Gasteiger partial charge in [-0.2, -0.15) is 0 Å². The summed E-state index contributed by atoms with van der Waals surface area (Å²) in [6.07, 6.45) is 5.32. The van der Waals surface area contributed by atoms with Crippen LogP contribution in [0.5, 0.6) is 0 Å². The molecule has 1 aliphatic heterocycles. The van der Waals surface area contributed by atoms with Crippen LogP contribution in [-0.2, 0) is 0 Å². The van der Waals surface area contributed by atoms with Gasteiger partial charge < -0.3 is 5.32 Å². The monoisotopic (exact) mass is 276 g/mol. The van der Waals surface area contributed by atoms with E-state index >= 15 is 0 Å². The Hall–Kier alpha value is -0.930. The van der Waals surface area contributed by atoms with Crippen molar-refractivity contribution < 1.29 is 4.39 Å². The molecule has 2 fully saturated rings. The fraction of sp³-hybridized carbons (Fsp3) is 0.647. The summed E-state index contributed by atoms with van der Waals surface area (Å²) in [6.45, 7) is 5.73. The Labute approximate surface area is 121 Å². The van der Waals surface area contributed by atoms with Gasteiger partial charge in [0.05, 0.1) is 0 Å². The summed E-state index contributed by atoms with van der Waals surface area (Å²) in [6, 6.07) is 8.05. The van der Waals surface area contributed by atoms with Crippen LogP contribution in [-0.4, -0.2) is 30.6 Å². The number of hydrogen-bond acceptors (Lipinski definition) is 2. The van der Waals surface area contributed by atoms with Gasteiger partial charge in [-0.3, -0.25) is 4.90 Å².